The number of aliphatic hydroxyl groups excluding tert-OH is 1. The first kappa shape index (κ1) is 17.9. The van der Waals surface area contributed by atoms with Crippen molar-refractivity contribution in [3.8, 4) is 5.75 Å². The summed E-state index contributed by atoms with van der Waals surface area (Å²) in [5.41, 5.74) is 3.36. The summed E-state index contributed by atoms with van der Waals surface area (Å²) >= 11 is 0. The van der Waals surface area contributed by atoms with Crippen molar-refractivity contribution in [3.63, 3.8) is 0 Å². The Balaban J connectivity index is 2.29. The van der Waals surface area contributed by atoms with Crippen LogP contribution in [-0.4, -0.2) is 32.5 Å². The molecule has 0 unspecified atom stereocenters. The molecule has 5 heteroatoms. The molecule has 1 aromatic carbocycles. The zero-order valence-electron chi connectivity index (χ0n) is 14.4. The van der Waals surface area contributed by atoms with Crippen LogP contribution in [0, 0.1) is 6.92 Å². The molecule has 2 rings (SSSR count). The molecule has 128 valence electrons. The number of aliphatic hydroxyl groups is 1. The SMILES string of the molecule is CCc1ccc(C(=O)N(CC)Cc2c(CO)cnc(C)c2O)cc1. The van der Waals surface area contributed by atoms with E-state index in [9.17, 15) is 15.0 Å². The summed E-state index contributed by atoms with van der Waals surface area (Å²) in [4.78, 5) is 18.4. The zero-order chi connectivity index (χ0) is 17.7. The molecule has 0 fully saturated rings. The van der Waals surface area contributed by atoms with Gasteiger partial charge in [-0.25, -0.2) is 0 Å². The van der Waals surface area contributed by atoms with Crippen LogP contribution in [0.3, 0.4) is 0 Å². The van der Waals surface area contributed by atoms with E-state index in [-0.39, 0.29) is 24.8 Å². The number of aryl methyl sites for hydroxylation is 2. The minimum absolute atomic E-state index is 0.0362. The molecule has 0 saturated carbocycles. The first-order valence-corrected chi connectivity index (χ1v) is 8.17. The Morgan fingerprint density at radius 1 is 1.21 bits per heavy atom. The van der Waals surface area contributed by atoms with Crippen LogP contribution in [0.2, 0.25) is 0 Å². The van der Waals surface area contributed by atoms with E-state index in [2.05, 4.69) is 11.9 Å². The average molecular weight is 328 g/mol. The van der Waals surface area contributed by atoms with Gasteiger partial charge in [-0.2, -0.15) is 0 Å². The molecule has 0 radical (unpaired) electrons. The fourth-order valence-corrected chi connectivity index (χ4v) is 2.58. The number of carbonyl (C=O) groups is 1. The van der Waals surface area contributed by atoms with Crippen molar-refractivity contribution in [1.29, 1.82) is 0 Å². The first-order chi connectivity index (χ1) is 11.5. The molecule has 0 spiro atoms. The largest absolute Gasteiger partial charge is 0.506 e. The predicted molar refractivity (Wildman–Crippen MR) is 92.8 cm³/mol. The molecule has 0 saturated heterocycles. The Morgan fingerprint density at radius 2 is 1.88 bits per heavy atom. The van der Waals surface area contributed by atoms with Gasteiger partial charge in [0.05, 0.1) is 18.8 Å². The smallest absolute Gasteiger partial charge is 0.254 e. The lowest BCUT2D eigenvalue weighted by atomic mass is 10.1. The van der Waals surface area contributed by atoms with Gasteiger partial charge in [0.15, 0.2) is 0 Å². The number of nitrogens with zero attached hydrogens (tertiary/aromatic N) is 2. The molecule has 24 heavy (non-hydrogen) atoms. The molecule has 0 aliphatic rings. The quantitative estimate of drug-likeness (QED) is 0.855. The van der Waals surface area contributed by atoms with Crippen molar-refractivity contribution < 1.29 is 15.0 Å². The standard InChI is InChI=1S/C19H24N2O3/c1-4-14-6-8-15(9-7-14)19(24)21(5-2)11-17-16(12-22)10-20-13(3)18(17)23/h6-10,22-23H,4-5,11-12H2,1-3H3. The maximum atomic E-state index is 12.7. The van der Waals surface area contributed by atoms with Gasteiger partial charge in [0.25, 0.3) is 5.91 Å². The van der Waals surface area contributed by atoms with Crippen LogP contribution in [-0.2, 0) is 19.6 Å². The highest BCUT2D eigenvalue weighted by molar-refractivity contribution is 5.94. The van der Waals surface area contributed by atoms with Crippen LogP contribution in [0.1, 0.15) is 46.6 Å². The molecule has 0 bridgehead atoms. The molecule has 1 amide bonds. The van der Waals surface area contributed by atoms with Crippen LogP contribution < -0.4 is 0 Å². The Kier molecular flexibility index (Phi) is 5.93. The number of amides is 1. The summed E-state index contributed by atoms with van der Waals surface area (Å²) in [5, 5.41) is 19.7. The van der Waals surface area contributed by atoms with Crippen molar-refractivity contribution in [3.05, 3.63) is 58.4 Å². The number of hydrogen-bond acceptors (Lipinski definition) is 4. The summed E-state index contributed by atoms with van der Waals surface area (Å²) in [7, 11) is 0. The van der Waals surface area contributed by atoms with Crippen molar-refractivity contribution >= 4 is 5.91 Å². The van der Waals surface area contributed by atoms with Gasteiger partial charge < -0.3 is 15.1 Å². The van der Waals surface area contributed by atoms with Gasteiger partial charge in [0.2, 0.25) is 0 Å². The average Bonchev–Trinajstić information content (AvgIpc) is 2.62. The monoisotopic (exact) mass is 328 g/mol. The van der Waals surface area contributed by atoms with E-state index in [1.54, 1.807) is 18.0 Å². The van der Waals surface area contributed by atoms with Crippen molar-refractivity contribution in [2.24, 2.45) is 0 Å². The van der Waals surface area contributed by atoms with Crippen molar-refractivity contribution in [1.82, 2.24) is 9.88 Å². The fourth-order valence-electron chi connectivity index (χ4n) is 2.58. The molecule has 0 aliphatic carbocycles. The Bertz CT molecular complexity index is 711. The second-order valence-corrected chi connectivity index (χ2v) is 5.72. The summed E-state index contributed by atoms with van der Waals surface area (Å²) in [6, 6.07) is 7.56. The van der Waals surface area contributed by atoms with E-state index in [1.807, 2.05) is 31.2 Å². The number of pyridine rings is 1. The van der Waals surface area contributed by atoms with E-state index in [0.717, 1.165) is 6.42 Å². The first-order valence-electron chi connectivity index (χ1n) is 8.17. The van der Waals surface area contributed by atoms with Crippen LogP contribution >= 0.6 is 0 Å². The third-order valence-corrected chi connectivity index (χ3v) is 4.23. The van der Waals surface area contributed by atoms with Gasteiger partial charge in [-0.1, -0.05) is 19.1 Å². The van der Waals surface area contributed by atoms with E-state index in [4.69, 9.17) is 0 Å². The van der Waals surface area contributed by atoms with E-state index < -0.39 is 0 Å². The fraction of sp³-hybridized carbons (Fsp3) is 0.368. The summed E-state index contributed by atoms with van der Waals surface area (Å²) in [5.74, 6) is -0.0629. The number of hydrogen-bond donors (Lipinski definition) is 2. The second-order valence-electron chi connectivity index (χ2n) is 5.72. The van der Waals surface area contributed by atoms with Gasteiger partial charge in [-0.3, -0.25) is 9.78 Å². The van der Waals surface area contributed by atoms with E-state index in [1.165, 1.54) is 5.56 Å². The predicted octanol–water partition coefficient (Wildman–Crippen LogP) is 2.81. The van der Waals surface area contributed by atoms with Gasteiger partial charge in [-0.15, -0.1) is 0 Å². The molecule has 1 heterocycles. The van der Waals surface area contributed by atoms with Crippen molar-refractivity contribution in [2.75, 3.05) is 6.54 Å². The zero-order valence-corrected chi connectivity index (χ0v) is 14.4. The molecule has 0 atom stereocenters. The third-order valence-electron chi connectivity index (χ3n) is 4.23. The highest BCUT2D eigenvalue weighted by atomic mass is 16.3. The molecular weight excluding hydrogens is 304 g/mol. The maximum Gasteiger partial charge on any atom is 0.254 e. The Labute approximate surface area is 142 Å². The molecule has 0 aliphatic heterocycles. The van der Waals surface area contributed by atoms with E-state index >= 15 is 0 Å². The summed E-state index contributed by atoms with van der Waals surface area (Å²) in [6.45, 7) is 6.16. The maximum absolute atomic E-state index is 12.7. The lowest BCUT2D eigenvalue weighted by Gasteiger charge is -2.23. The topological polar surface area (TPSA) is 73.7 Å². The van der Waals surface area contributed by atoms with Crippen LogP contribution in [0.5, 0.6) is 5.75 Å². The Hall–Kier alpha value is -2.40. The number of aromatic nitrogens is 1. The number of benzene rings is 1. The van der Waals surface area contributed by atoms with Gasteiger partial charge in [0.1, 0.15) is 5.75 Å². The van der Waals surface area contributed by atoms with E-state index in [0.29, 0.717) is 28.9 Å². The Morgan fingerprint density at radius 3 is 2.42 bits per heavy atom. The number of carbonyl (C=O) groups excluding carboxylic acids is 1. The minimum atomic E-state index is -0.229. The third kappa shape index (κ3) is 3.74. The van der Waals surface area contributed by atoms with Gasteiger partial charge >= 0.3 is 0 Å². The molecule has 1 aromatic heterocycles. The lowest BCUT2D eigenvalue weighted by Crippen LogP contribution is -2.31. The summed E-state index contributed by atoms with van der Waals surface area (Å²) in [6.07, 6.45) is 2.47. The number of rotatable bonds is 6. The van der Waals surface area contributed by atoms with Crippen LogP contribution in [0.4, 0.5) is 0 Å². The highest BCUT2D eigenvalue weighted by Crippen LogP contribution is 2.26. The van der Waals surface area contributed by atoms with Crippen molar-refractivity contribution in [2.45, 2.75) is 40.3 Å². The molecule has 5 nitrogen and oxygen atoms in total. The summed E-state index contributed by atoms with van der Waals surface area (Å²) < 4.78 is 0. The highest BCUT2D eigenvalue weighted by Gasteiger charge is 2.19. The second kappa shape index (κ2) is 7.93. The van der Waals surface area contributed by atoms with Gasteiger partial charge in [0, 0.05) is 29.4 Å². The number of aromatic hydroxyl groups is 1. The van der Waals surface area contributed by atoms with Crippen LogP contribution in [0.25, 0.3) is 0 Å². The molecule has 2 aromatic rings. The molecular formula is C19H24N2O3. The molecule has 2 N–H and O–H groups in total. The van der Waals surface area contributed by atoms with Crippen LogP contribution in [0.15, 0.2) is 30.5 Å². The normalized spacial score (nSPS) is 10.7. The van der Waals surface area contributed by atoms with Gasteiger partial charge in [-0.05, 0) is 38.0 Å². The lowest BCUT2D eigenvalue weighted by molar-refractivity contribution is 0.0750. The minimum Gasteiger partial charge on any atom is -0.506 e.